The summed E-state index contributed by atoms with van der Waals surface area (Å²) in [6, 6.07) is 7.26. The Morgan fingerprint density at radius 3 is 2.44 bits per heavy atom. The molecule has 0 radical (unpaired) electrons. The first-order valence-corrected chi connectivity index (χ1v) is 11.9. The Bertz CT molecular complexity index is 1430. The highest BCUT2D eigenvalue weighted by Crippen LogP contribution is 2.31. The number of fused-ring (bicyclic) bond motifs is 2. The fraction of sp³-hybridized carbons (Fsp3) is 0.458. The number of rotatable bonds is 5. The number of amides is 2. The van der Waals surface area contributed by atoms with Crippen LogP contribution in [0.25, 0.3) is 11.2 Å². The van der Waals surface area contributed by atoms with Crippen molar-refractivity contribution in [2.45, 2.75) is 25.5 Å². The maximum Gasteiger partial charge on any atom is 0.332 e. The zero-order valence-corrected chi connectivity index (χ0v) is 20.3. The van der Waals surface area contributed by atoms with Crippen molar-refractivity contribution in [2.75, 3.05) is 32.8 Å². The van der Waals surface area contributed by atoms with Crippen LogP contribution in [-0.2, 0) is 30.2 Å². The number of para-hydroxylation sites is 2. The van der Waals surface area contributed by atoms with Gasteiger partial charge in [-0.25, -0.2) is 9.78 Å². The van der Waals surface area contributed by atoms with Gasteiger partial charge in [-0.2, -0.15) is 0 Å². The third-order valence-electron chi connectivity index (χ3n) is 6.73. The van der Waals surface area contributed by atoms with Crippen molar-refractivity contribution >= 4 is 23.0 Å². The molecule has 12 nitrogen and oxygen atoms in total. The fourth-order valence-corrected chi connectivity index (χ4v) is 4.65. The lowest BCUT2D eigenvalue weighted by Gasteiger charge is -2.37. The first kappa shape index (κ1) is 23.6. The van der Waals surface area contributed by atoms with E-state index in [0.717, 1.165) is 4.57 Å². The molecule has 190 valence electrons. The lowest BCUT2D eigenvalue weighted by atomic mass is 10.2. The molecule has 1 saturated heterocycles. The number of imidazole rings is 1. The fourth-order valence-electron chi connectivity index (χ4n) is 4.65. The van der Waals surface area contributed by atoms with Crippen LogP contribution in [0.1, 0.15) is 12.8 Å². The minimum absolute atomic E-state index is 0.00185. The first-order valence-electron chi connectivity index (χ1n) is 11.9. The zero-order valence-electron chi connectivity index (χ0n) is 20.3. The van der Waals surface area contributed by atoms with Gasteiger partial charge in [0.25, 0.3) is 11.5 Å². The second-order valence-electron chi connectivity index (χ2n) is 8.99. The summed E-state index contributed by atoms with van der Waals surface area (Å²) in [6.45, 7) is 2.35. The highest BCUT2D eigenvalue weighted by molar-refractivity contribution is 5.82. The Hall–Kier alpha value is -4.09. The summed E-state index contributed by atoms with van der Waals surface area (Å²) in [6.07, 6.45) is 1.65. The minimum Gasteiger partial charge on any atom is -0.485 e. The van der Waals surface area contributed by atoms with E-state index in [1.54, 1.807) is 33.5 Å². The van der Waals surface area contributed by atoms with Crippen LogP contribution in [-0.4, -0.2) is 79.2 Å². The Labute approximate surface area is 206 Å². The van der Waals surface area contributed by atoms with Gasteiger partial charge in [-0.3, -0.25) is 23.5 Å². The van der Waals surface area contributed by atoms with E-state index in [1.807, 2.05) is 12.1 Å². The number of nitrogens with zero attached hydrogens (tertiary/aromatic N) is 6. The van der Waals surface area contributed by atoms with Crippen molar-refractivity contribution in [3.63, 3.8) is 0 Å². The Morgan fingerprint density at radius 2 is 1.69 bits per heavy atom. The van der Waals surface area contributed by atoms with E-state index in [-0.39, 0.29) is 18.4 Å². The van der Waals surface area contributed by atoms with Crippen LogP contribution >= 0.6 is 0 Å². The Balaban J connectivity index is 1.12. The summed E-state index contributed by atoms with van der Waals surface area (Å²) in [5, 5.41) is 0. The van der Waals surface area contributed by atoms with Crippen LogP contribution in [0, 0.1) is 0 Å². The molecule has 1 atom stereocenters. The summed E-state index contributed by atoms with van der Waals surface area (Å²) in [4.78, 5) is 58.0. The van der Waals surface area contributed by atoms with Crippen LogP contribution in [0.15, 0.2) is 40.2 Å². The molecule has 0 unspecified atom stereocenters. The van der Waals surface area contributed by atoms with E-state index in [2.05, 4.69) is 4.98 Å². The van der Waals surface area contributed by atoms with Gasteiger partial charge in [0.2, 0.25) is 12.0 Å². The number of ether oxygens (including phenoxy) is 2. The monoisotopic (exact) mass is 496 g/mol. The molecule has 2 aromatic heterocycles. The largest absolute Gasteiger partial charge is 0.485 e. The van der Waals surface area contributed by atoms with E-state index in [9.17, 15) is 19.2 Å². The van der Waals surface area contributed by atoms with E-state index < -0.39 is 17.4 Å². The van der Waals surface area contributed by atoms with Crippen LogP contribution in [0.5, 0.6) is 11.5 Å². The maximum atomic E-state index is 12.9. The molecule has 3 aromatic rings. The number of hydrogen-bond donors (Lipinski definition) is 0. The molecule has 36 heavy (non-hydrogen) atoms. The summed E-state index contributed by atoms with van der Waals surface area (Å²) < 4.78 is 15.6. The molecule has 1 fully saturated rings. The molecule has 0 aliphatic carbocycles. The standard InChI is InChI=1S/C24H28N6O6/c1-26-21-20(23(33)27(2)24(26)34)30(15-25-21)9-5-8-19(31)28-10-12-29(13-11-28)22(32)18-14-35-16-6-3-4-7-17(16)36-18/h3-4,6-7,15,18H,5,8-14H2,1-2H3/t18-/m1/s1. The van der Waals surface area contributed by atoms with Crippen molar-refractivity contribution in [3.8, 4) is 11.5 Å². The van der Waals surface area contributed by atoms with Crippen LogP contribution in [0.2, 0.25) is 0 Å². The van der Waals surface area contributed by atoms with Crippen molar-refractivity contribution < 1.29 is 19.1 Å². The van der Waals surface area contributed by atoms with E-state index >= 15 is 0 Å². The molecule has 5 rings (SSSR count). The second-order valence-corrected chi connectivity index (χ2v) is 8.99. The smallest absolute Gasteiger partial charge is 0.332 e. The van der Waals surface area contributed by atoms with Gasteiger partial charge in [0.15, 0.2) is 22.7 Å². The van der Waals surface area contributed by atoms with Gasteiger partial charge in [0.05, 0.1) is 6.33 Å². The first-order chi connectivity index (χ1) is 17.3. The van der Waals surface area contributed by atoms with Gasteiger partial charge in [0.1, 0.15) is 6.61 Å². The number of hydrogen-bond acceptors (Lipinski definition) is 7. The van der Waals surface area contributed by atoms with Crippen molar-refractivity contribution in [1.29, 1.82) is 0 Å². The SMILES string of the molecule is Cn1c(=O)c2c(ncn2CCCC(=O)N2CCN(C(=O)[C@H]3COc4ccccc4O3)CC2)n(C)c1=O. The van der Waals surface area contributed by atoms with Gasteiger partial charge in [-0.05, 0) is 18.6 Å². The molecule has 4 heterocycles. The average molecular weight is 497 g/mol. The maximum absolute atomic E-state index is 12.9. The van der Waals surface area contributed by atoms with E-state index in [0.29, 0.717) is 68.2 Å². The quantitative estimate of drug-likeness (QED) is 0.477. The van der Waals surface area contributed by atoms with Gasteiger partial charge >= 0.3 is 5.69 Å². The Kier molecular flexibility index (Phi) is 6.25. The zero-order chi connectivity index (χ0) is 25.4. The number of benzene rings is 1. The molecule has 12 heteroatoms. The normalized spacial score (nSPS) is 17.4. The summed E-state index contributed by atoms with van der Waals surface area (Å²) >= 11 is 0. The highest BCUT2D eigenvalue weighted by atomic mass is 16.6. The number of aryl methyl sites for hydroxylation is 2. The van der Waals surface area contributed by atoms with Gasteiger partial charge in [0, 0.05) is 53.2 Å². The molecule has 0 N–H and O–H groups in total. The van der Waals surface area contributed by atoms with Crippen molar-refractivity contribution in [2.24, 2.45) is 14.1 Å². The predicted molar refractivity (Wildman–Crippen MR) is 129 cm³/mol. The number of piperazine rings is 1. The second kappa shape index (κ2) is 9.51. The minimum atomic E-state index is -0.695. The third-order valence-corrected chi connectivity index (χ3v) is 6.73. The molecule has 0 spiro atoms. The summed E-state index contributed by atoms with van der Waals surface area (Å²) in [7, 11) is 3.00. The van der Waals surface area contributed by atoms with Gasteiger partial charge in [-0.1, -0.05) is 12.1 Å². The van der Waals surface area contributed by atoms with E-state index in [1.165, 1.54) is 17.9 Å². The number of aromatic nitrogens is 4. The summed E-state index contributed by atoms with van der Waals surface area (Å²) in [5.74, 6) is 1.05. The summed E-state index contributed by atoms with van der Waals surface area (Å²) in [5.41, 5.74) is -0.173. The molecular formula is C24H28N6O6. The molecule has 1 aromatic carbocycles. The molecular weight excluding hydrogens is 468 g/mol. The van der Waals surface area contributed by atoms with Crippen molar-refractivity contribution in [1.82, 2.24) is 28.5 Å². The molecule has 2 aliphatic rings. The number of carbonyl (C=O) groups is 2. The van der Waals surface area contributed by atoms with Crippen LogP contribution in [0.4, 0.5) is 0 Å². The van der Waals surface area contributed by atoms with Crippen molar-refractivity contribution in [3.05, 3.63) is 51.4 Å². The highest BCUT2D eigenvalue weighted by Gasteiger charge is 2.33. The topological polar surface area (TPSA) is 121 Å². The van der Waals surface area contributed by atoms with Crippen LogP contribution < -0.4 is 20.7 Å². The van der Waals surface area contributed by atoms with Gasteiger partial charge in [-0.15, -0.1) is 0 Å². The molecule has 2 amide bonds. The predicted octanol–water partition coefficient (Wildman–Crippen LogP) is -0.275. The Morgan fingerprint density at radius 1 is 1.00 bits per heavy atom. The molecule has 0 saturated carbocycles. The van der Waals surface area contributed by atoms with E-state index in [4.69, 9.17) is 9.47 Å². The lowest BCUT2D eigenvalue weighted by Crippen LogP contribution is -2.55. The third kappa shape index (κ3) is 4.23. The average Bonchev–Trinajstić information content (AvgIpc) is 3.34. The number of carbonyl (C=O) groups excluding carboxylic acids is 2. The van der Waals surface area contributed by atoms with Crippen LogP contribution in [0.3, 0.4) is 0 Å². The van der Waals surface area contributed by atoms with Gasteiger partial charge < -0.3 is 23.8 Å². The molecule has 2 aliphatic heterocycles. The lowest BCUT2D eigenvalue weighted by molar-refractivity contribution is -0.146. The molecule has 0 bridgehead atoms.